The molecule has 1 aromatic heterocycles. The third kappa shape index (κ3) is 17.5. The van der Waals surface area contributed by atoms with Crippen LogP contribution in [-0.4, -0.2) is 209 Å². The molecule has 9 rings (SSSR count). The van der Waals surface area contributed by atoms with Crippen LogP contribution in [0.1, 0.15) is 73.4 Å². The SMILES string of the molecule is CC(O)C1NC(=O)C(NC(=O)c2ccc(-c3nnc(-c4ccc(N5CCC(c6ccccc6)CC5)cc4)o3)cc2)CC(O)CNC(=O)C2C(O)C(C)CN2C(=O)C(C(O)CC(N)=O)NC(=O)C(C(O)Cc2ccc(O)c(OSOO[O-])c2)NC(=O)C2CC(O)CN2C1=O.[Na+]. The summed E-state index contributed by atoms with van der Waals surface area (Å²) in [5.74, 6) is -10.4. The fourth-order valence-corrected chi connectivity index (χ4v) is 12.1. The number of nitrogens with one attached hydrogen (secondary N) is 5. The van der Waals surface area contributed by atoms with Crippen LogP contribution >= 0.6 is 12.3 Å². The number of aromatic hydroxyl groups is 1. The van der Waals surface area contributed by atoms with Gasteiger partial charge in [-0.25, -0.2) is 0 Å². The summed E-state index contributed by atoms with van der Waals surface area (Å²) in [7, 11) is 0. The molecular weight excluding hydrogens is 1260 g/mol. The van der Waals surface area contributed by atoms with E-state index in [0.717, 1.165) is 60.5 Å². The van der Waals surface area contributed by atoms with Crippen LogP contribution in [0.15, 0.2) is 101 Å². The number of primary amides is 1. The van der Waals surface area contributed by atoms with Gasteiger partial charge in [-0.1, -0.05) is 43.3 Å². The minimum Gasteiger partial charge on any atom is -0.691 e. The molecule has 4 aliphatic heterocycles. The van der Waals surface area contributed by atoms with Crippen molar-refractivity contribution in [3.05, 3.63) is 114 Å². The number of carbonyl (C=O) groups is 8. The maximum Gasteiger partial charge on any atom is 1.00 e. The third-order valence-electron chi connectivity index (χ3n) is 16.9. The van der Waals surface area contributed by atoms with E-state index < -0.39 is 177 Å². The van der Waals surface area contributed by atoms with Crippen molar-refractivity contribution in [1.82, 2.24) is 46.6 Å². The number of hydrogen-bond acceptors (Lipinski definition) is 24. The summed E-state index contributed by atoms with van der Waals surface area (Å²) in [5.41, 5.74) is 8.92. The first kappa shape index (κ1) is 72.0. The molecule has 94 heavy (non-hydrogen) atoms. The van der Waals surface area contributed by atoms with Crippen LogP contribution in [0.3, 0.4) is 0 Å². The van der Waals surface area contributed by atoms with E-state index >= 15 is 0 Å². The van der Waals surface area contributed by atoms with Crippen molar-refractivity contribution >= 4 is 65.3 Å². The molecule has 4 aliphatic rings. The predicted octanol–water partition coefficient (Wildman–Crippen LogP) is -5.51. The van der Waals surface area contributed by atoms with E-state index in [4.69, 9.17) is 14.3 Å². The summed E-state index contributed by atoms with van der Waals surface area (Å²) in [6.07, 6.45) is -11.7. The number of rotatable bonds is 17. The van der Waals surface area contributed by atoms with Gasteiger partial charge in [0, 0.05) is 80.3 Å². The molecule has 0 spiro atoms. The molecule has 5 heterocycles. The van der Waals surface area contributed by atoms with E-state index in [1.807, 2.05) is 30.3 Å². The fraction of sp³-hybridized carbons (Fsp3) is 0.443. The number of hydrogen-bond donors (Lipinski definition) is 13. The molecule has 31 nitrogen and oxygen atoms in total. The van der Waals surface area contributed by atoms with Crippen molar-refractivity contribution < 1.29 is 127 Å². The molecule has 13 atom stereocenters. The number of nitrogens with zero attached hydrogens (tertiary/aromatic N) is 5. The van der Waals surface area contributed by atoms with Crippen molar-refractivity contribution in [1.29, 1.82) is 0 Å². The maximum atomic E-state index is 14.7. The van der Waals surface area contributed by atoms with Crippen molar-refractivity contribution in [2.75, 3.05) is 37.6 Å². The number of amides is 8. The number of piperidine rings is 1. The van der Waals surface area contributed by atoms with Crippen LogP contribution in [0.25, 0.3) is 22.9 Å². The molecule has 33 heteroatoms. The number of aliphatic hydroxyl groups is 6. The van der Waals surface area contributed by atoms with Crippen LogP contribution in [0, 0.1) is 5.92 Å². The molecule has 8 amide bonds. The minimum absolute atomic E-state index is 0. The Balaban J connectivity index is 0.0000113. The van der Waals surface area contributed by atoms with Gasteiger partial charge in [0.1, 0.15) is 36.3 Å². The van der Waals surface area contributed by atoms with Crippen molar-refractivity contribution in [2.24, 2.45) is 11.7 Å². The van der Waals surface area contributed by atoms with Gasteiger partial charge >= 0.3 is 29.6 Å². The summed E-state index contributed by atoms with van der Waals surface area (Å²) >= 11 is -0.00690. The minimum atomic E-state index is -2.23. The molecule has 498 valence electrons. The summed E-state index contributed by atoms with van der Waals surface area (Å²) in [4.78, 5) is 118. The fourth-order valence-electron chi connectivity index (χ4n) is 11.9. The number of anilines is 1. The van der Waals surface area contributed by atoms with Crippen molar-refractivity contribution in [3.63, 3.8) is 0 Å². The number of nitrogens with two attached hydrogens (primary N) is 1. The van der Waals surface area contributed by atoms with Gasteiger partial charge in [-0.2, -0.15) is 0 Å². The Morgan fingerprint density at radius 2 is 1.39 bits per heavy atom. The predicted molar refractivity (Wildman–Crippen MR) is 323 cm³/mol. The van der Waals surface area contributed by atoms with Gasteiger partial charge in [0.15, 0.2) is 11.5 Å². The Labute approximate surface area is 564 Å². The Kier molecular flexibility index (Phi) is 24.9. The van der Waals surface area contributed by atoms with Crippen LogP contribution in [-0.2, 0) is 49.4 Å². The summed E-state index contributed by atoms with van der Waals surface area (Å²) in [5, 5.41) is 113. The van der Waals surface area contributed by atoms with Crippen LogP contribution in [0.5, 0.6) is 11.5 Å². The smallest absolute Gasteiger partial charge is 0.691 e. The molecule has 4 aromatic carbocycles. The molecule has 14 N–H and O–H groups in total. The van der Waals surface area contributed by atoms with Crippen LogP contribution in [0.2, 0.25) is 0 Å². The summed E-state index contributed by atoms with van der Waals surface area (Å²) in [6, 6.07) is 15.7. The average molecular weight is 1330 g/mol. The first-order valence-corrected chi connectivity index (χ1v) is 30.6. The molecule has 4 fully saturated rings. The third-order valence-corrected chi connectivity index (χ3v) is 17.2. The monoisotopic (exact) mass is 1330 g/mol. The summed E-state index contributed by atoms with van der Waals surface area (Å²) in [6.45, 7) is 2.62. The van der Waals surface area contributed by atoms with E-state index in [1.165, 1.54) is 42.8 Å². The van der Waals surface area contributed by atoms with E-state index in [9.17, 15) is 79.4 Å². The summed E-state index contributed by atoms with van der Waals surface area (Å²) < 4.78 is 15.2. The molecule has 5 aromatic rings. The largest absolute Gasteiger partial charge is 1.00 e. The second-order valence-corrected chi connectivity index (χ2v) is 23.9. The Morgan fingerprint density at radius 3 is 2.03 bits per heavy atom. The van der Waals surface area contributed by atoms with Gasteiger partial charge in [-0.3, -0.25) is 43.4 Å². The van der Waals surface area contributed by atoms with Gasteiger partial charge in [0.25, 0.3) is 18.2 Å². The van der Waals surface area contributed by atoms with Crippen molar-refractivity contribution in [2.45, 2.75) is 131 Å². The Bertz CT molecular complexity index is 3480. The van der Waals surface area contributed by atoms with E-state index in [-0.39, 0.29) is 70.5 Å². The number of β-amino-alcohol motifs (C(OH)–C–C–N with tert-alkyl or cyclic N) is 1. The maximum absolute atomic E-state index is 14.7. The van der Waals surface area contributed by atoms with Gasteiger partial charge in [-0.05, 0) is 97.5 Å². The number of aromatic nitrogens is 2. The molecular formula is C61H72N11NaO20S. The number of phenolic OH excluding ortho intramolecular Hbond substituents is 1. The van der Waals surface area contributed by atoms with Crippen LogP contribution in [0.4, 0.5) is 5.69 Å². The van der Waals surface area contributed by atoms with E-state index in [1.54, 1.807) is 0 Å². The first-order valence-electron chi connectivity index (χ1n) is 29.9. The Morgan fingerprint density at radius 1 is 0.766 bits per heavy atom. The van der Waals surface area contributed by atoms with Gasteiger partial charge in [-0.15, -0.1) is 14.5 Å². The second-order valence-electron chi connectivity index (χ2n) is 23.5. The quantitative estimate of drug-likeness (QED) is 0.0136. The molecule has 0 radical (unpaired) electrons. The zero-order valence-electron chi connectivity index (χ0n) is 51.3. The normalized spacial score (nSPS) is 25.4. The van der Waals surface area contributed by atoms with Gasteiger partial charge < -0.3 is 96.6 Å². The number of benzene rings is 4. The van der Waals surface area contributed by atoms with Crippen molar-refractivity contribution in [3.8, 4) is 34.4 Å². The standard InChI is InChI=1S/C61H73N11O20S.Na/c1-30-28-72-51(52(30)80)57(85)63-27-39(74)24-41(64-53(81)35-9-11-36(12-10-35)58-68-69-59(89-58)37-13-15-38(16-14-37)70-20-18-34(19-21-70)33-6-4-3-5-7-33)54(82)65-48(31(2)73)60(86)71-29-40(75)25-42(71)55(83)66-49(56(84)67-50(61(72)87)45(78)26-47(62)79)44(77)22-32-8-17-43(76)46(23-32)90-93-92-91-88;/h3-17,23,30-31,34,39-42,44-45,48-52,73-78,80,88H,18-22,24-29H2,1-2H3,(H2,62,79)(H,63,85)(H,64,81)(H,65,82)(H,66,83)(H,67,84);/q;+1/p-1. The molecule has 4 saturated heterocycles. The second kappa shape index (κ2) is 32.5. The molecule has 13 unspecified atom stereocenters. The Hall–Kier alpha value is -7.83. The topological polar surface area (TPSA) is 464 Å². The van der Waals surface area contributed by atoms with E-state index in [0.29, 0.717) is 17.0 Å². The first-order chi connectivity index (χ1) is 44.5. The molecule has 0 aliphatic carbocycles. The number of aliphatic hydroxyl groups excluding tert-OH is 6. The molecule has 0 saturated carbocycles. The number of phenols is 1. The molecule has 0 bridgehead atoms. The van der Waals surface area contributed by atoms with Gasteiger partial charge in [0.2, 0.25) is 53.1 Å². The van der Waals surface area contributed by atoms with E-state index in [2.05, 4.69) is 75.3 Å². The van der Waals surface area contributed by atoms with Gasteiger partial charge in [0.05, 0.1) is 43.0 Å². The number of carbonyl (C=O) groups excluding carboxylic acids is 8. The zero-order valence-corrected chi connectivity index (χ0v) is 54.1. The number of fused-ring (bicyclic) bond motifs is 2. The van der Waals surface area contributed by atoms with Crippen LogP contribution < -0.4 is 76.2 Å². The average Bonchev–Trinajstić information content (AvgIpc) is 1.62. The zero-order chi connectivity index (χ0) is 66.8.